The van der Waals surface area contributed by atoms with Gasteiger partial charge in [-0.1, -0.05) is 91.3 Å². The monoisotopic (exact) mass is 662 g/mol. The number of imidazole rings is 1. The lowest BCUT2D eigenvalue weighted by Gasteiger charge is -2.36. The summed E-state index contributed by atoms with van der Waals surface area (Å²) < 4.78 is 15.3. The van der Waals surface area contributed by atoms with Crippen molar-refractivity contribution in [3.8, 4) is 11.1 Å². The van der Waals surface area contributed by atoms with E-state index in [1.54, 1.807) is 5.48 Å². The summed E-state index contributed by atoms with van der Waals surface area (Å²) in [4.78, 5) is 28.2. The molecule has 0 spiro atoms. The van der Waals surface area contributed by atoms with Gasteiger partial charge in [-0.3, -0.25) is 14.8 Å². The molecule has 0 aliphatic carbocycles. The number of para-hydroxylation sites is 2. The second-order valence-electron chi connectivity index (χ2n) is 12.4. The molecular formula is C39H42N4O6. The van der Waals surface area contributed by atoms with Gasteiger partial charge in [0, 0.05) is 31.4 Å². The topological polar surface area (TPSA) is 135 Å². The number of hydrogen-bond acceptors (Lipinski definition) is 7. The normalized spacial score (nSPS) is 17.6. The molecule has 3 atom stereocenters. The number of amides is 2. The fourth-order valence-corrected chi connectivity index (χ4v) is 6.27. The van der Waals surface area contributed by atoms with Crippen LogP contribution in [0.3, 0.4) is 0 Å². The molecule has 0 bridgehead atoms. The maximum absolute atomic E-state index is 12.5. The predicted molar refractivity (Wildman–Crippen MR) is 185 cm³/mol. The van der Waals surface area contributed by atoms with E-state index < -0.39 is 12.2 Å². The Bertz CT molecular complexity index is 1840. The standard InChI is InChI=1S/C39H42N4O6/c44-25-27-14-16-29(17-15-27)36-22-32(24-43-26-41-34-10-6-7-11-35(34)43)48-39(49-36)30-20-18-28(19-21-30)33-9-5-4-8-31(33)23-40-37(45)12-2-1-3-13-38(46)42-47/h4-11,14-21,26,32,36,39,44,47H,1-3,12-13,22-25H2,(H,40,45)(H,42,46)/t32-,36+,39+/m1/s1. The largest absolute Gasteiger partial charge is 0.392 e. The van der Waals surface area contributed by atoms with Crippen LogP contribution in [-0.4, -0.2) is 37.8 Å². The minimum absolute atomic E-state index is 0.00916. The van der Waals surface area contributed by atoms with Crippen molar-refractivity contribution < 1.29 is 29.4 Å². The minimum atomic E-state index is -0.586. The van der Waals surface area contributed by atoms with Crippen LogP contribution in [0.4, 0.5) is 0 Å². The zero-order valence-corrected chi connectivity index (χ0v) is 27.3. The highest BCUT2D eigenvalue weighted by Gasteiger charge is 2.32. The third kappa shape index (κ3) is 8.79. The average molecular weight is 663 g/mol. The fourth-order valence-electron chi connectivity index (χ4n) is 6.27. The maximum atomic E-state index is 12.5. The van der Waals surface area contributed by atoms with Crippen LogP contribution >= 0.6 is 0 Å². The van der Waals surface area contributed by atoms with Crippen LogP contribution in [0, 0.1) is 0 Å². The van der Waals surface area contributed by atoms with Gasteiger partial charge in [-0.05, 0) is 52.8 Å². The SMILES string of the molecule is O=C(CCCCCC(=O)NCc1ccccc1-c1ccc([C@H]2O[C@@H](Cn3cnc4ccccc43)C[C@@H](c3ccc(CO)cc3)O2)cc1)NO. The molecular weight excluding hydrogens is 620 g/mol. The van der Waals surface area contributed by atoms with Crippen LogP contribution in [0.5, 0.6) is 0 Å². The molecule has 10 nitrogen and oxygen atoms in total. The molecule has 1 saturated heterocycles. The van der Waals surface area contributed by atoms with Gasteiger partial charge < -0.3 is 24.5 Å². The van der Waals surface area contributed by atoms with Gasteiger partial charge in [-0.25, -0.2) is 10.5 Å². The molecule has 1 aromatic heterocycles. The average Bonchev–Trinajstić information content (AvgIpc) is 3.56. The molecule has 2 heterocycles. The van der Waals surface area contributed by atoms with E-state index in [2.05, 4.69) is 33.1 Å². The Morgan fingerprint density at radius 3 is 2.31 bits per heavy atom. The van der Waals surface area contributed by atoms with Gasteiger partial charge in [0.1, 0.15) is 0 Å². The first-order chi connectivity index (χ1) is 24.0. The van der Waals surface area contributed by atoms with Gasteiger partial charge in [-0.2, -0.15) is 0 Å². The molecule has 0 radical (unpaired) electrons. The quantitative estimate of drug-likeness (QED) is 0.0605. The van der Waals surface area contributed by atoms with E-state index in [1.807, 2.05) is 85.2 Å². The van der Waals surface area contributed by atoms with E-state index in [9.17, 15) is 14.7 Å². The van der Waals surface area contributed by atoms with Crippen molar-refractivity contribution in [1.82, 2.24) is 20.3 Å². The second kappa shape index (κ2) is 16.5. The van der Waals surface area contributed by atoms with E-state index in [4.69, 9.17) is 14.7 Å². The van der Waals surface area contributed by atoms with Crippen LogP contribution in [0.2, 0.25) is 0 Å². The van der Waals surface area contributed by atoms with E-state index >= 15 is 0 Å². The third-order valence-corrected chi connectivity index (χ3v) is 8.96. The molecule has 0 unspecified atom stereocenters. The number of carbonyl (C=O) groups excluding carboxylic acids is 2. The van der Waals surface area contributed by atoms with Gasteiger partial charge in [0.15, 0.2) is 6.29 Å². The lowest BCUT2D eigenvalue weighted by Crippen LogP contribution is -2.32. The number of nitrogens with zero attached hydrogens (tertiary/aromatic N) is 2. The van der Waals surface area contributed by atoms with Crippen LogP contribution in [0.1, 0.15) is 73.2 Å². The summed E-state index contributed by atoms with van der Waals surface area (Å²) in [7, 11) is 0. The summed E-state index contributed by atoms with van der Waals surface area (Å²) in [6.45, 7) is 1.02. The maximum Gasteiger partial charge on any atom is 0.243 e. The Morgan fingerprint density at radius 1 is 0.816 bits per heavy atom. The first-order valence-electron chi connectivity index (χ1n) is 16.8. The molecule has 1 aliphatic heterocycles. The highest BCUT2D eigenvalue weighted by Crippen LogP contribution is 2.39. The minimum Gasteiger partial charge on any atom is -0.392 e. The summed E-state index contributed by atoms with van der Waals surface area (Å²) in [6.07, 6.45) is 4.26. The third-order valence-electron chi connectivity index (χ3n) is 8.96. The van der Waals surface area contributed by atoms with Crippen LogP contribution in [0.25, 0.3) is 22.2 Å². The summed E-state index contributed by atoms with van der Waals surface area (Å²) in [5.74, 6) is -0.451. The Kier molecular flexibility index (Phi) is 11.4. The molecule has 0 saturated carbocycles. The van der Waals surface area contributed by atoms with Crippen LogP contribution < -0.4 is 10.8 Å². The summed E-state index contributed by atoms with van der Waals surface area (Å²) >= 11 is 0. The van der Waals surface area contributed by atoms with Crippen molar-refractivity contribution in [1.29, 1.82) is 0 Å². The van der Waals surface area contributed by atoms with Gasteiger partial charge >= 0.3 is 0 Å². The molecule has 49 heavy (non-hydrogen) atoms. The number of aliphatic hydroxyl groups excluding tert-OH is 1. The Morgan fingerprint density at radius 2 is 1.53 bits per heavy atom. The molecule has 4 N–H and O–H groups in total. The van der Waals surface area contributed by atoms with Crippen molar-refractivity contribution in [3.05, 3.63) is 126 Å². The first kappa shape index (κ1) is 34.0. The number of rotatable bonds is 14. The smallest absolute Gasteiger partial charge is 0.243 e. The number of nitrogens with one attached hydrogen (secondary N) is 2. The molecule has 254 valence electrons. The summed E-state index contributed by atoms with van der Waals surface area (Å²) in [6, 6.07) is 32.2. The van der Waals surface area contributed by atoms with Crippen molar-refractivity contribution in [2.24, 2.45) is 0 Å². The lowest BCUT2D eigenvalue weighted by atomic mass is 9.97. The van der Waals surface area contributed by atoms with Gasteiger partial charge in [0.25, 0.3) is 0 Å². The van der Waals surface area contributed by atoms with Crippen molar-refractivity contribution >= 4 is 22.8 Å². The molecule has 1 aliphatic rings. The molecule has 5 aromatic rings. The molecule has 4 aromatic carbocycles. The number of aromatic nitrogens is 2. The number of fused-ring (bicyclic) bond motifs is 1. The van der Waals surface area contributed by atoms with Crippen molar-refractivity contribution in [2.45, 2.75) is 76.7 Å². The van der Waals surface area contributed by atoms with E-state index in [0.29, 0.717) is 38.8 Å². The summed E-state index contributed by atoms with van der Waals surface area (Å²) in [5.41, 5.74) is 9.48. The molecule has 1 fully saturated rings. The van der Waals surface area contributed by atoms with E-state index in [-0.39, 0.29) is 31.1 Å². The lowest BCUT2D eigenvalue weighted by molar-refractivity contribution is -0.252. The number of unbranched alkanes of at least 4 members (excludes halogenated alkanes) is 2. The van der Waals surface area contributed by atoms with E-state index in [0.717, 1.165) is 50.8 Å². The summed E-state index contributed by atoms with van der Waals surface area (Å²) in [5, 5.41) is 21.2. The highest BCUT2D eigenvalue weighted by atomic mass is 16.7. The zero-order valence-electron chi connectivity index (χ0n) is 27.3. The molecule has 2 amide bonds. The van der Waals surface area contributed by atoms with Crippen molar-refractivity contribution in [3.63, 3.8) is 0 Å². The van der Waals surface area contributed by atoms with Crippen LogP contribution in [0.15, 0.2) is 103 Å². The van der Waals surface area contributed by atoms with Gasteiger partial charge in [0.2, 0.25) is 11.8 Å². The Balaban J connectivity index is 1.14. The first-order valence-corrected chi connectivity index (χ1v) is 16.8. The van der Waals surface area contributed by atoms with E-state index in [1.165, 1.54) is 0 Å². The zero-order chi connectivity index (χ0) is 34.0. The number of hydroxylamine groups is 1. The Hall–Kier alpha value is -4.87. The van der Waals surface area contributed by atoms with Gasteiger partial charge in [0.05, 0.1) is 42.7 Å². The Labute approximate surface area is 285 Å². The van der Waals surface area contributed by atoms with Crippen molar-refractivity contribution in [2.75, 3.05) is 0 Å². The fraction of sp³-hybridized carbons (Fsp3) is 0.308. The number of benzene rings is 4. The highest BCUT2D eigenvalue weighted by molar-refractivity contribution is 5.77. The number of aliphatic hydroxyl groups is 1. The van der Waals surface area contributed by atoms with Crippen LogP contribution in [-0.2, 0) is 38.8 Å². The number of ether oxygens (including phenoxy) is 2. The predicted octanol–water partition coefficient (Wildman–Crippen LogP) is 6.51. The molecule has 10 heteroatoms. The molecule has 6 rings (SSSR count). The number of carbonyl (C=O) groups is 2. The van der Waals surface area contributed by atoms with Gasteiger partial charge in [-0.15, -0.1) is 0 Å². The number of hydrogen-bond donors (Lipinski definition) is 4. The second-order valence-corrected chi connectivity index (χ2v) is 12.4.